The first-order valence-electron chi connectivity index (χ1n) is 6.65. The van der Waals surface area contributed by atoms with Crippen LogP contribution in [0.2, 0.25) is 0 Å². The fourth-order valence-electron chi connectivity index (χ4n) is 2.31. The Hall–Kier alpha value is -2.58. The van der Waals surface area contributed by atoms with Crippen molar-refractivity contribution in [3.05, 3.63) is 53.1 Å². The molecule has 0 fully saturated rings. The number of aromatic carboxylic acids is 1. The van der Waals surface area contributed by atoms with Gasteiger partial charge in [0.2, 0.25) is 0 Å². The number of ether oxygens (including phenoxy) is 1. The van der Waals surface area contributed by atoms with Gasteiger partial charge < -0.3 is 14.9 Å². The molecule has 0 aliphatic carbocycles. The first-order valence-corrected chi connectivity index (χ1v) is 8.14. The Labute approximate surface area is 132 Å². The Kier molecular flexibility index (Phi) is 3.70. The van der Waals surface area contributed by atoms with Crippen molar-refractivity contribution in [2.75, 3.05) is 4.72 Å². The van der Waals surface area contributed by atoms with E-state index in [2.05, 4.69) is 4.72 Å². The largest absolute Gasteiger partial charge is 0.507 e. The van der Waals surface area contributed by atoms with Crippen LogP contribution in [0, 0.1) is 0 Å². The summed E-state index contributed by atoms with van der Waals surface area (Å²) in [6, 6.07) is 8.17. The zero-order valence-corrected chi connectivity index (χ0v) is 12.6. The number of fused-ring (bicyclic) bond motifs is 1. The Balaban J connectivity index is 1.89. The SMILES string of the molecule is O=C(O)c1ccc(NS(=O)(=O)c2ccc3c(c2)COC3)cc1O. The van der Waals surface area contributed by atoms with Crippen LogP contribution >= 0.6 is 0 Å². The number of hydrogen-bond acceptors (Lipinski definition) is 5. The van der Waals surface area contributed by atoms with Gasteiger partial charge in [-0.3, -0.25) is 4.72 Å². The van der Waals surface area contributed by atoms with Crippen molar-refractivity contribution in [3.8, 4) is 5.75 Å². The zero-order chi connectivity index (χ0) is 16.6. The number of rotatable bonds is 4. The molecule has 120 valence electrons. The number of nitrogens with one attached hydrogen (secondary N) is 1. The molecule has 0 aromatic heterocycles. The fourth-order valence-corrected chi connectivity index (χ4v) is 3.41. The highest BCUT2D eigenvalue weighted by Crippen LogP contribution is 2.26. The van der Waals surface area contributed by atoms with E-state index in [4.69, 9.17) is 9.84 Å². The molecule has 1 heterocycles. The van der Waals surface area contributed by atoms with Gasteiger partial charge in [0.25, 0.3) is 10.0 Å². The third-order valence-electron chi connectivity index (χ3n) is 3.48. The average molecular weight is 335 g/mol. The molecule has 0 saturated heterocycles. The third-order valence-corrected chi connectivity index (χ3v) is 4.86. The van der Waals surface area contributed by atoms with E-state index < -0.39 is 21.7 Å². The summed E-state index contributed by atoms with van der Waals surface area (Å²) in [6.45, 7) is 0.834. The Morgan fingerprint density at radius 2 is 1.83 bits per heavy atom. The van der Waals surface area contributed by atoms with Crippen molar-refractivity contribution in [3.63, 3.8) is 0 Å². The van der Waals surface area contributed by atoms with Crippen molar-refractivity contribution in [1.29, 1.82) is 0 Å². The molecule has 2 aromatic rings. The van der Waals surface area contributed by atoms with Crippen molar-refractivity contribution >= 4 is 21.7 Å². The predicted octanol–water partition coefficient (Wildman–Crippen LogP) is 1.92. The number of hydrogen-bond donors (Lipinski definition) is 3. The summed E-state index contributed by atoms with van der Waals surface area (Å²) in [5.41, 5.74) is 1.54. The predicted molar refractivity (Wildman–Crippen MR) is 80.8 cm³/mol. The van der Waals surface area contributed by atoms with E-state index in [0.717, 1.165) is 23.3 Å². The molecule has 7 nitrogen and oxygen atoms in total. The molecule has 1 aliphatic rings. The van der Waals surface area contributed by atoms with E-state index in [1.807, 2.05) is 0 Å². The van der Waals surface area contributed by atoms with Crippen molar-refractivity contribution in [1.82, 2.24) is 0 Å². The minimum atomic E-state index is -3.85. The molecular formula is C15H13NO6S. The number of carboxylic acids is 1. The Bertz CT molecular complexity index is 891. The summed E-state index contributed by atoms with van der Waals surface area (Å²) in [5, 5.41) is 18.5. The van der Waals surface area contributed by atoms with Crippen LogP contribution in [0.1, 0.15) is 21.5 Å². The van der Waals surface area contributed by atoms with Crippen LogP contribution in [-0.2, 0) is 28.0 Å². The van der Waals surface area contributed by atoms with Gasteiger partial charge in [-0.25, -0.2) is 13.2 Å². The minimum absolute atomic E-state index is 0.0727. The van der Waals surface area contributed by atoms with Crippen molar-refractivity contribution < 1.29 is 28.2 Å². The van der Waals surface area contributed by atoms with Gasteiger partial charge in [0.05, 0.1) is 23.8 Å². The lowest BCUT2D eigenvalue weighted by atomic mass is 10.1. The molecule has 0 spiro atoms. The van der Waals surface area contributed by atoms with Crippen LogP contribution in [0.5, 0.6) is 5.75 Å². The molecule has 0 saturated carbocycles. The number of carboxylic acid groups (broad SMARTS) is 1. The van der Waals surface area contributed by atoms with Gasteiger partial charge in [0.15, 0.2) is 0 Å². The summed E-state index contributed by atoms with van der Waals surface area (Å²) in [4.78, 5) is 10.9. The third kappa shape index (κ3) is 2.99. The van der Waals surface area contributed by atoms with Crippen LogP contribution in [-0.4, -0.2) is 24.6 Å². The van der Waals surface area contributed by atoms with Gasteiger partial charge in [0, 0.05) is 6.07 Å². The van der Waals surface area contributed by atoms with E-state index in [1.54, 1.807) is 6.07 Å². The Morgan fingerprint density at radius 1 is 1.09 bits per heavy atom. The molecule has 0 bridgehead atoms. The number of aromatic hydroxyl groups is 1. The Morgan fingerprint density at radius 3 is 2.52 bits per heavy atom. The summed E-state index contributed by atoms with van der Waals surface area (Å²) in [6.07, 6.45) is 0. The second kappa shape index (κ2) is 5.56. The molecule has 0 atom stereocenters. The summed E-state index contributed by atoms with van der Waals surface area (Å²) < 4.78 is 32.3. The zero-order valence-electron chi connectivity index (χ0n) is 11.8. The minimum Gasteiger partial charge on any atom is -0.507 e. The maximum Gasteiger partial charge on any atom is 0.339 e. The molecule has 3 N–H and O–H groups in total. The smallest absolute Gasteiger partial charge is 0.339 e. The highest BCUT2D eigenvalue weighted by Gasteiger charge is 2.19. The molecule has 2 aromatic carbocycles. The van der Waals surface area contributed by atoms with Gasteiger partial charge in [-0.1, -0.05) is 6.07 Å². The number of benzene rings is 2. The van der Waals surface area contributed by atoms with E-state index in [9.17, 15) is 18.3 Å². The molecule has 8 heteroatoms. The van der Waals surface area contributed by atoms with Gasteiger partial charge in [-0.05, 0) is 35.4 Å². The molecule has 1 aliphatic heterocycles. The van der Waals surface area contributed by atoms with Crippen LogP contribution < -0.4 is 4.72 Å². The van der Waals surface area contributed by atoms with Gasteiger partial charge >= 0.3 is 5.97 Å². The van der Waals surface area contributed by atoms with E-state index in [1.165, 1.54) is 18.2 Å². The van der Waals surface area contributed by atoms with Crippen LogP contribution in [0.15, 0.2) is 41.3 Å². The topological polar surface area (TPSA) is 113 Å². The monoisotopic (exact) mass is 335 g/mol. The normalized spacial score (nSPS) is 13.6. The maximum atomic E-state index is 12.4. The number of sulfonamides is 1. The lowest BCUT2D eigenvalue weighted by Crippen LogP contribution is -2.13. The van der Waals surface area contributed by atoms with Crippen LogP contribution in [0.25, 0.3) is 0 Å². The highest BCUT2D eigenvalue weighted by atomic mass is 32.2. The molecule has 0 amide bonds. The van der Waals surface area contributed by atoms with Gasteiger partial charge in [-0.2, -0.15) is 0 Å². The molecule has 23 heavy (non-hydrogen) atoms. The molecule has 3 rings (SSSR count). The quantitative estimate of drug-likeness (QED) is 0.787. The standard InChI is InChI=1S/C15H13NO6S/c17-14-6-11(2-4-13(14)15(18)19)16-23(20,21)12-3-1-9-7-22-8-10(9)5-12/h1-6,16-17H,7-8H2,(H,18,19). The molecule has 0 unspecified atom stereocenters. The van der Waals surface area contributed by atoms with Crippen molar-refractivity contribution in [2.45, 2.75) is 18.1 Å². The van der Waals surface area contributed by atoms with E-state index >= 15 is 0 Å². The van der Waals surface area contributed by atoms with E-state index in [0.29, 0.717) is 13.2 Å². The second-order valence-corrected chi connectivity index (χ2v) is 6.75. The first kappa shape index (κ1) is 15.3. The number of carbonyl (C=O) groups is 1. The summed E-state index contributed by atoms with van der Waals surface area (Å²) in [7, 11) is -3.85. The average Bonchev–Trinajstić information content (AvgIpc) is 2.93. The van der Waals surface area contributed by atoms with Crippen LogP contribution in [0.3, 0.4) is 0 Å². The summed E-state index contributed by atoms with van der Waals surface area (Å²) in [5.74, 6) is -1.81. The maximum absolute atomic E-state index is 12.4. The van der Waals surface area contributed by atoms with Crippen molar-refractivity contribution in [2.24, 2.45) is 0 Å². The second-order valence-electron chi connectivity index (χ2n) is 5.07. The van der Waals surface area contributed by atoms with Crippen LogP contribution in [0.4, 0.5) is 5.69 Å². The number of anilines is 1. The van der Waals surface area contributed by atoms with Gasteiger partial charge in [-0.15, -0.1) is 0 Å². The van der Waals surface area contributed by atoms with E-state index in [-0.39, 0.29) is 16.1 Å². The number of phenols is 1. The highest BCUT2D eigenvalue weighted by molar-refractivity contribution is 7.92. The lowest BCUT2D eigenvalue weighted by Gasteiger charge is -2.10. The lowest BCUT2D eigenvalue weighted by molar-refractivity contribution is 0.0694. The first-order chi connectivity index (χ1) is 10.9. The summed E-state index contributed by atoms with van der Waals surface area (Å²) >= 11 is 0. The molecular weight excluding hydrogens is 322 g/mol. The van der Waals surface area contributed by atoms with Gasteiger partial charge in [0.1, 0.15) is 11.3 Å². The molecule has 0 radical (unpaired) electrons. The fraction of sp³-hybridized carbons (Fsp3) is 0.133.